The van der Waals surface area contributed by atoms with Crippen LogP contribution in [-0.4, -0.2) is 45.7 Å². The largest absolute Gasteiger partial charge is 0.357 e. The van der Waals surface area contributed by atoms with Gasteiger partial charge < -0.3 is 10.6 Å². The minimum Gasteiger partial charge on any atom is -0.357 e. The van der Waals surface area contributed by atoms with E-state index in [0.717, 1.165) is 6.54 Å². The van der Waals surface area contributed by atoms with E-state index in [2.05, 4.69) is 47.0 Å². The minimum absolute atomic E-state index is 0. The number of guanidine groups is 1. The van der Waals surface area contributed by atoms with Gasteiger partial charge in [-0.2, -0.15) is 0 Å². The van der Waals surface area contributed by atoms with Crippen LogP contribution in [0, 0.1) is 6.92 Å². The average Bonchev–Trinajstić information content (AvgIpc) is 2.48. The van der Waals surface area contributed by atoms with E-state index in [9.17, 15) is 8.42 Å². The first kappa shape index (κ1) is 23.5. The molecule has 8 heteroatoms. The van der Waals surface area contributed by atoms with E-state index in [1.165, 1.54) is 22.3 Å². The van der Waals surface area contributed by atoms with E-state index >= 15 is 0 Å². The van der Waals surface area contributed by atoms with Crippen molar-refractivity contribution in [3.8, 4) is 0 Å². The summed E-state index contributed by atoms with van der Waals surface area (Å²) in [6.45, 7) is 6.04. The van der Waals surface area contributed by atoms with Gasteiger partial charge in [0.1, 0.15) is 9.84 Å². The molecule has 0 bridgehead atoms. The standard InChI is InChI=1S/C16H27N3O2S2.HI/c1-5-17-16(18-9-6-10-23(4,20)21)19-12-14-8-7-13(2)11-15(14)22-3;/h7-8,11H,5-6,9-10,12H2,1-4H3,(H2,17,18,19);1H. The second-order valence-corrected chi connectivity index (χ2v) is 8.53. The first-order valence-corrected chi connectivity index (χ1v) is 11.0. The lowest BCUT2D eigenvalue weighted by Gasteiger charge is -2.12. The van der Waals surface area contributed by atoms with Crippen LogP contribution in [0.3, 0.4) is 0 Å². The lowest BCUT2D eigenvalue weighted by molar-refractivity contribution is 0.598. The van der Waals surface area contributed by atoms with Gasteiger partial charge in [-0.15, -0.1) is 35.7 Å². The minimum atomic E-state index is -2.91. The van der Waals surface area contributed by atoms with Crippen molar-refractivity contribution in [1.29, 1.82) is 0 Å². The summed E-state index contributed by atoms with van der Waals surface area (Å²) < 4.78 is 22.3. The molecule has 5 nitrogen and oxygen atoms in total. The van der Waals surface area contributed by atoms with Crippen LogP contribution in [0.5, 0.6) is 0 Å². The van der Waals surface area contributed by atoms with Crippen LogP contribution in [0.4, 0.5) is 0 Å². The van der Waals surface area contributed by atoms with Gasteiger partial charge in [0.05, 0.1) is 12.3 Å². The Balaban J connectivity index is 0.00000529. The Morgan fingerprint density at radius 1 is 1.29 bits per heavy atom. The Morgan fingerprint density at radius 2 is 2.00 bits per heavy atom. The molecule has 0 aliphatic carbocycles. The Hall–Kier alpha value is -0.480. The summed E-state index contributed by atoms with van der Waals surface area (Å²) in [6, 6.07) is 6.37. The van der Waals surface area contributed by atoms with E-state index in [1.807, 2.05) is 6.92 Å². The highest BCUT2D eigenvalue weighted by atomic mass is 127. The molecule has 0 aromatic heterocycles. The molecule has 0 radical (unpaired) electrons. The fourth-order valence-electron chi connectivity index (χ4n) is 2.03. The number of hydrogen-bond acceptors (Lipinski definition) is 4. The maximum absolute atomic E-state index is 11.1. The van der Waals surface area contributed by atoms with Crippen molar-refractivity contribution in [3.05, 3.63) is 29.3 Å². The highest BCUT2D eigenvalue weighted by Gasteiger charge is 2.04. The Labute approximate surface area is 167 Å². The fraction of sp³-hybridized carbons (Fsp3) is 0.562. The summed E-state index contributed by atoms with van der Waals surface area (Å²) in [5.74, 6) is 0.905. The zero-order valence-electron chi connectivity index (χ0n) is 14.8. The summed E-state index contributed by atoms with van der Waals surface area (Å²) >= 11 is 1.72. The molecule has 0 amide bonds. The van der Waals surface area contributed by atoms with Crippen molar-refractivity contribution in [2.24, 2.45) is 4.99 Å². The number of sulfone groups is 1. The van der Waals surface area contributed by atoms with Crippen LogP contribution in [-0.2, 0) is 16.4 Å². The van der Waals surface area contributed by atoms with E-state index in [0.29, 0.717) is 25.5 Å². The number of nitrogens with zero attached hydrogens (tertiary/aromatic N) is 1. The van der Waals surface area contributed by atoms with Crippen LogP contribution in [0.1, 0.15) is 24.5 Å². The van der Waals surface area contributed by atoms with E-state index < -0.39 is 9.84 Å². The van der Waals surface area contributed by atoms with Gasteiger partial charge >= 0.3 is 0 Å². The van der Waals surface area contributed by atoms with E-state index in [4.69, 9.17) is 0 Å². The topological polar surface area (TPSA) is 70.6 Å². The highest BCUT2D eigenvalue weighted by Crippen LogP contribution is 2.22. The molecule has 24 heavy (non-hydrogen) atoms. The summed E-state index contributed by atoms with van der Waals surface area (Å²) in [4.78, 5) is 5.83. The maximum atomic E-state index is 11.1. The third-order valence-electron chi connectivity index (χ3n) is 3.18. The zero-order chi connectivity index (χ0) is 17.3. The molecule has 0 heterocycles. The van der Waals surface area contributed by atoms with Gasteiger partial charge in [0.25, 0.3) is 0 Å². The molecular weight excluding hydrogens is 457 g/mol. The van der Waals surface area contributed by atoms with Crippen molar-refractivity contribution < 1.29 is 8.42 Å². The predicted octanol–water partition coefficient (Wildman–Crippen LogP) is 2.82. The van der Waals surface area contributed by atoms with Crippen LogP contribution in [0.2, 0.25) is 0 Å². The van der Waals surface area contributed by atoms with Gasteiger partial charge in [0, 0.05) is 24.2 Å². The molecule has 0 spiro atoms. The number of aryl methyl sites for hydroxylation is 1. The monoisotopic (exact) mass is 485 g/mol. The second-order valence-electron chi connectivity index (χ2n) is 5.42. The number of hydrogen-bond donors (Lipinski definition) is 2. The van der Waals surface area contributed by atoms with E-state index in [-0.39, 0.29) is 29.7 Å². The molecule has 1 aromatic carbocycles. The number of benzene rings is 1. The molecule has 0 aliphatic rings. The number of thioether (sulfide) groups is 1. The Morgan fingerprint density at radius 3 is 2.58 bits per heavy atom. The van der Waals surface area contributed by atoms with Gasteiger partial charge in [-0.25, -0.2) is 13.4 Å². The maximum Gasteiger partial charge on any atom is 0.191 e. The Kier molecular flexibility index (Phi) is 11.7. The smallest absolute Gasteiger partial charge is 0.191 e. The molecule has 138 valence electrons. The third-order valence-corrected chi connectivity index (χ3v) is 5.03. The summed E-state index contributed by atoms with van der Waals surface area (Å²) in [5.41, 5.74) is 2.43. The van der Waals surface area contributed by atoms with Gasteiger partial charge in [0.2, 0.25) is 0 Å². The molecule has 0 unspecified atom stereocenters. The van der Waals surface area contributed by atoms with E-state index in [1.54, 1.807) is 11.8 Å². The molecule has 0 fully saturated rings. The van der Waals surface area contributed by atoms with Crippen molar-refractivity contribution in [3.63, 3.8) is 0 Å². The number of aliphatic imine (C=N–C) groups is 1. The summed E-state index contributed by atoms with van der Waals surface area (Å²) in [7, 11) is -2.91. The fourth-order valence-corrected chi connectivity index (χ4v) is 3.40. The van der Waals surface area contributed by atoms with Gasteiger partial charge in [-0.3, -0.25) is 0 Å². The van der Waals surface area contributed by atoms with Gasteiger partial charge in [0.15, 0.2) is 5.96 Å². The van der Waals surface area contributed by atoms with Crippen LogP contribution in [0.25, 0.3) is 0 Å². The SMILES string of the molecule is CCNC(=NCc1ccc(C)cc1SC)NCCCS(C)(=O)=O.I. The molecule has 1 aromatic rings. The molecule has 0 saturated carbocycles. The van der Waals surface area contributed by atoms with Crippen LogP contribution < -0.4 is 10.6 Å². The number of nitrogens with one attached hydrogen (secondary N) is 2. The van der Waals surface area contributed by atoms with Crippen molar-refractivity contribution in [2.75, 3.05) is 31.4 Å². The number of halogens is 1. The number of rotatable bonds is 8. The summed E-state index contributed by atoms with van der Waals surface area (Å²) in [5, 5.41) is 6.36. The van der Waals surface area contributed by atoms with Crippen molar-refractivity contribution >= 4 is 51.5 Å². The second kappa shape index (κ2) is 12.0. The van der Waals surface area contributed by atoms with Gasteiger partial charge in [-0.05, 0) is 43.7 Å². The van der Waals surface area contributed by atoms with Crippen LogP contribution >= 0.6 is 35.7 Å². The third kappa shape index (κ3) is 9.73. The molecule has 0 saturated heterocycles. The first-order chi connectivity index (χ1) is 10.9. The molecule has 1 rings (SSSR count). The normalized spacial score (nSPS) is 11.8. The molecular formula is C16H28IN3O2S2. The lowest BCUT2D eigenvalue weighted by Crippen LogP contribution is -2.38. The molecule has 0 atom stereocenters. The highest BCUT2D eigenvalue weighted by molar-refractivity contribution is 14.0. The van der Waals surface area contributed by atoms with Crippen molar-refractivity contribution in [2.45, 2.75) is 31.7 Å². The Bertz CT molecular complexity index is 634. The zero-order valence-corrected chi connectivity index (χ0v) is 18.7. The average molecular weight is 485 g/mol. The molecule has 0 aliphatic heterocycles. The lowest BCUT2D eigenvalue weighted by atomic mass is 10.1. The summed E-state index contributed by atoms with van der Waals surface area (Å²) in [6.07, 6.45) is 3.90. The quantitative estimate of drug-likeness (QED) is 0.195. The van der Waals surface area contributed by atoms with Crippen LogP contribution in [0.15, 0.2) is 28.1 Å². The first-order valence-electron chi connectivity index (χ1n) is 7.69. The van der Waals surface area contributed by atoms with Gasteiger partial charge in [-0.1, -0.05) is 12.1 Å². The molecule has 2 N–H and O–H groups in total. The predicted molar refractivity (Wildman–Crippen MR) is 116 cm³/mol. The van der Waals surface area contributed by atoms with Crippen molar-refractivity contribution in [1.82, 2.24) is 10.6 Å².